The average molecular weight is 229 g/mol. The van der Waals surface area contributed by atoms with E-state index in [4.69, 9.17) is 4.74 Å². The van der Waals surface area contributed by atoms with E-state index in [9.17, 15) is 5.11 Å². The van der Waals surface area contributed by atoms with E-state index in [1.54, 1.807) is 7.11 Å². The maximum atomic E-state index is 10.2. The van der Waals surface area contributed by atoms with Crippen molar-refractivity contribution in [2.45, 2.75) is 45.1 Å². The Hall–Kier alpha value is -0.120. The molecule has 1 saturated carbocycles. The summed E-state index contributed by atoms with van der Waals surface area (Å²) in [6, 6.07) is 0. The number of aliphatic hydroxyl groups excluding tert-OH is 1. The first kappa shape index (κ1) is 13.9. The standard InChI is InChI=1S/C13H27NO2/c1-3-11-6-4-5-7-12(11)13(15)10-14-8-9-16-2/h11-15H,3-10H2,1-2H3. The van der Waals surface area contributed by atoms with Crippen LogP contribution in [0.5, 0.6) is 0 Å². The van der Waals surface area contributed by atoms with Gasteiger partial charge < -0.3 is 15.2 Å². The highest BCUT2D eigenvalue weighted by Crippen LogP contribution is 2.34. The van der Waals surface area contributed by atoms with Crippen molar-refractivity contribution in [3.8, 4) is 0 Å². The van der Waals surface area contributed by atoms with Crippen LogP contribution in [0.25, 0.3) is 0 Å². The van der Waals surface area contributed by atoms with Crippen LogP contribution in [0.3, 0.4) is 0 Å². The molecule has 0 spiro atoms. The van der Waals surface area contributed by atoms with Crippen LogP contribution >= 0.6 is 0 Å². The molecule has 16 heavy (non-hydrogen) atoms. The summed E-state index contributed by atoms with van der Waals surface area (Å²) in [5.41, 5.74) is 0. The molecular formula is C13H27NO2. The molecule has 96 valence electrons. The number of hydrogen-bond donors (Lipinski definition) is 2. The van der Waals surface area contributed by atoms with Gasteiger partial charge in [-0.3, -0.25) is 0 Å². The van der Waals surface area contributed by atoms with Crippen LogP contribution in [0.15, 0.2) is 0 Å². The van der Waals surface area contributed by atoms with Crippen molar-refractivity contribution >= 4 is 0 Å². The summed E-state index contributed by atoms with van der Waals surface area (Å²) in [5.74, 6) is 1.24. The second-order valence-corrected chi connectivity index (χ2v) is 4.88. The fourth-order valence-corrected chi connectivity index (χ4v) is 2.83. The minimum absolute atomic E-state index is 0.179. The minimum atomic E-state index is -0.179. The van der Waals surface area contributed by atoms with Crippen LogP contribution in [-0.4, -0.2) is 38.0 Å². The highest BCUT2D eigenvalue weighted by Gasteiger charge is 2.29. The predicted octanol–water partition coefficient (Wildman–Crippen LogP) is 1.80. The first-order valence-electron chi connectivity index (χ1n) is 6.67. The summed E-state index contributed by atoms with van der Waals surface area (Å²) in [5, 5.41) is 13.4. The molecule has 0 aromatic rings. The van der Waals surface area contributed by atoms with Crippen molar-refractivity contribution in [1.29, 1.82) is 0 Å². The Bertz CT molecular complexity index is 175. The van der Waals surface area contributed by atoms with Gasteiger partial charge in [-0.25, -0.2) is 0 Å². The van der Waals surface area contributed by atoms with Gasteiger partial charge in [-0.2, -0.15) is 0 Å². The van der Waals surface area contributed by atoms with Crippen molar-refractivity contribution < 1.29 is 9.84 Å². The molecule has 3 nitrogen and oxygen atoms in total. The Kier molecular flexibility index (Phi) is 7.01. The molecule has 1 aliphatic rings. The molecule has 0 aromatic heterocycles. The largest absolute Gasteiger partial charge is 0.392 e. The maximum Gasteiger partial charge on any atom is 0.0695 e. The number of nitrogens with one attached hydrogen (secondary N) is 1. The lowest BCUT2D eigenvalue weighted by atomic mass is 9.75. The van der Waals surface area contributed by atoms with Crippen molar-refractivity contribution in [3.63, 3.8) is 0 Å². The van der Waals surface area contributed by atoms with Gasteiger partial charge >= 0.3 is 0 Å². The van der Waals surface area contributed by atoms with Gasteiger partial charge in [0, 0.05) is 20.2 Å². The van der Waals surface area contributed by atoms with E-state index in [0.717, 1.165) is 12.5 Å². The molecule has 0 heterocycles. The van der Waals surface area contributed by atoms with Gasteiger partial charge in [0.1, 0.15) is 0 Å². The molecule has 0 aromatic carbocycles. The topological polar surface area (TPSA) is 41.5 Å². The van der Waals surface area contributed by atoms with Crippen molar-refractivity contribution in [2.24, 2.45) is 11.8 Å². The van der Waals surface area contributed by atoms with E-state index in [1.165, 1.54) is 32.1 Å². The van der Waals surface area contributed by atoms with Crippen molar-refractivity contribution in [2.75, 3.05) is 26.8 Å². The second kappa shape index (κ2) is 8.04. The number of hydrogen-bond acceptors (Lipinski definition) is 3. The highest BCUT2D eigenvalue weighted by atomic mass is 16.5. The van der Waals surface area contributed by atoms with Crippen LogP contribution in [-0.2, 0) is 4.74 Å². The van der Waals surface area contributed by atoms with Gasteiger partial charge in [0.15, 0.2) is 0 Å². The second-order valence-electron chi connectivity index (χ2n) is 4.88. The zero-order valence-electron chi connectivity index (χ0n) is 10.7. The third-order valence-corrected chi connectivity index (χ3v) is 3.82. The predicted molar refractivity (Wildman–Crippen MR) is 66.5 cm³/mol. The van der Waals surface area contributed by atoms with Crippen molar-refractivity contribution in [1.82, 2.24) is 5.32 Å². The summed E-state index contributed by atoms with van der Waals surface area (Å²) >= 11 is 0. The average Bonchev–Trinajstić information content (AvgIpc) is 2.34. The molecule has 0 amide bonds. The third kappa shape index (κ3) is 4.40. The summed E-state index contributed by atoms with van der Waals surface area (Å²) in [6.07, 6.45) is 6.17. The molecule has 1 rings (SSSR count). The van der Waals surface area contributed by atoms with E-state index < -0.39 is 0 Å². The molecule has 0 bridgehead atoms. The first-order valence-corrected chi connectivity index (χ1v) is 6.67. The van der Waals surface area contributed by atoms with E-state index >= 15 is 0 Å². The van der Waals surface area contributed by atoms with E-state index in [0.29, 0.717) is 19.1 Å². The molecule has 2 N–H and O–H groups in total. The van der Waals surface area contributed by atoms with Gasteiger partial charge in [-0.15, -0.1) is 0 Å². The van der Waals surface area contributed by atoms with Crippen molar-refractivity contribution in [3.05, 3.63) is 0 Å². The lowest BCUT2D eigenvalue weighted by molar-refractivity contribution is 0.0451. The van der Waals surface area contributed by atoms with Gasteiger partial charge in [0.25, 0.3) is 0 Å². The Morgan fingerprint density at radius 3 is 2.81 bits per heavy atom. The molecule has 0 aliphatic heterocycles. The Labute approximate surface area is 99.6 Å². The van der Waals surface area contributed by atoms with E-state index in [-0.39, 0.29) is 6.10 Å². The molecule has 3 unspecified atom stereocenters. The van der Waals surface area contributed by atoms with Crippen LogP contribution in [0.4, 0.5) is 0 Å². The van der Waals surface area contributed by atoms with E-state index in [1.807, 2.05) is 0 Å². The molecule has 3 heteroatoms. The number of aliphatic hydroxyl groups is 1. The summed E-state index contributed by atoms with van der Waals surface area (Å²) < 4.78 is 4.97. The highest BCUT2D eigenvalue weighted by molar-refractivity contribution is 4.81. The number of ether oxygens (including phenoxy) is 1. The van der Waals surface area contributed by atoms with Gasteiger partial charge in [-0.1, -0.05) is 32.6 Å². The van der Waals surface area contributed by atoms with Gasteiger partial charge in [0.05, 0.1) is 12.7 Å². The molecule has 1 aliphatic carbocycles. The Morgan fingerprint density at radius 1 is 1.38 bits per heavy atom. The van der Waals surface area contributed by atoms with Crippen LogP contribution in [0, 0.1) is 11.8 Å². The zero-order valence-corrected chi connectivity index (χ0v) is 10.7. The fraction of sp³-hybridized carbons (Fsp3) is 1.00. The normalized spacial score (nSPS) is 27.9. The molecule has 0 radical (unpaired) electrons. The lowest BCUT2D eigenvalue weighted by Gasteiger charge is -2.34. The van der Waals surface area contributed by atoms with E-state index in [2.05, 4.69) is 12.2 Å². The summed E-state index contributed by atoms with van der Waals surface area (Å²) in [6.45, 7) is 4.50. The van der Waals surface area contributed by atoms with Crippen LogP contribution in [0.1, 0.15) is 39.0 Å². The monoisotopic (exact) mass is 229 g/mol. The van der Waals surface area contributed by atoms with Crippen LogP contribution in [0.2, 0.25) is 0 Å². The molecular weight excluding hydrogens is 202 g/mol. The smallest absolute Gasteiger partial charge is 0.0695 e. The summed E-state index contributed by atoms with van der Waals surface area (Å²) in [4.78, 5) is 0. The van der Waals surface area contributed by atoms with Gasteiger partial charge in [-0.05, 0) is 18.3 Å². The molecule has 1 fully saturated rings. The molecule has 0 saturated heterocycles. The third-order valence-electron chi connectivity index (χ3n) is 3.82. The number of rotatable bonds is 7. The fourth-order valence-electron chi connectivity index (χ4n) is 2.83. The zero-order chi connectivity index (χ0) is 11.8. The maximum absolute atomic E-state index is 10.2. The molecule has 3 atom stereocenters. The first-order chi connectivity index (χ1) is 7.79. The SMILES string of the molecule is CCC1CCCCC1C(O)CNCCOC. The Morgan fingerprint density at radius 2 is 2.12 bits per heavy atom. The summed E-state index contributed by atoms with van der Waals surface area (Å²) in [7, 11) is 1.70. The quantitative estimate of drug-likeness (QED) is 0.654. The number of methoxy groups -OCH3 is 1. The van der Waals surface area contributed by atoms with Crippen LogP contribution < -0.4 is 5.32 Å². The Balaban J connectivity index is 2.24. The lowest BCUT2D eigenvalue weighted by Crippen LogP contribution is -2.38. The minimum Gasteiger partial charge on any atom is -0.392 e. The van der Waals surface area contributed by atoms with Gasteiger partial charge in [0.2, 0.25) is 0 Å².